The Morgan fingerprint density at radius 2 is 1.02 bits per heavy atom. The Labute approximate surface area is 287 Å². The fourth-order valence-corrected chi connectivity index (χ4v) is 7.54. The van der Waals surface area contributed by atoms with Crippen molar-refractivity contribution in [3.8, 4) is 51.8 Å². The molecule has 5 nitrogen and oxygen atoms in total. The van der Waals surface area contributed by atoms with Gasteiger partial charge >= 0.3 is 0 Å². The molecule has 0 unspecified atom stereocenters. The van der Waals surface area contributed by atoms with Crippen molar-refractivity contribution in [2.24, 2.45) is 0 Å². The molecular formula is C45H25N5. The molecule has 0 aliphatic heterocycles. The molecule has 0 amide bonds. The van der Waals surface area contributed by atoms with Crippen LogP contribution in [0.3, 0.4) is 0 Å². The van der Waals surface area contributed by atoms with E-state index < -0.39 is 0 Å². The van der Waals surface area contributed by atoms with Crippen LogP contribution in [0.4, 0.5) is 0 Å². The zero-order chi connectivity index (χ0) is 33.8. The maximum atomic E-state index is 10.5. The minimum Gasteiger partial charge on any atom is -0.309 e. The second-order valence-electron chi connectivity index (χ2n) is 12.3. The normalized spacial score (nSPS) is 11.1. The molecule has 230 valence electrons. The Hall–Kier alpha value is -7.39. The molecule has 2 aromatic heterocycles. The zero-order valence-electron chi connectivity index (χ0n) is 26.7. The molecule has 9 rings (SSSR count). The van der Waals surface area contributed by atoms with E-state index in [0.717, 1.165) is 77.2 Å². The number of nitrogens with zero attached hydrogens (tertiary/aromatic N) is 5. The van der Waals surface area contributed by atoms with Crippen molar-refractivity contribution < 1.29 is 0 Å². The first-order chi connectivity index (χ1) is 24.7. The third kappa shape index (κ3) is 4.24. The molecule has 2 heterocycles. The van der Waals surface area contributed by atoms with Gasteiger partial charge in [0.15, 0.2) is 0 Å². The van der Waals surface area contributed by atoms with Gasteiger partial charge in [0.2, 0.25) is 0 Å². The minimum atomic E-state index is 0.550. The second kappa shape index (κ2) is 11.4. The highest BCUT2D eigenvalue weighted by atomic mass is 15.0. The predicted molar refractivity (Wildman–Crippen MR) is 200 cm³/mol. The van der Waals surface area contributed by atoms with Crippen LogP contribution in [0.1, 0.15) is 16.7 Å². The average Bonchev–Trinajstić information content (AvgIpc) is 3.70. The van der Waals surface area contributed by atoms with Gasteiger partial charge < -0.3 is 9.13 Å². The maximum Gasteiger partial charge on any atom is 0.0998 e. The summed E-state index contributed by atoms with van der Waals surface area (Å²) in [6.07, 6.45) is 0. The number of benzene rings is 7. The van der Waals surface area contributed by atoms with Crippen LogP contribution < -0.4 is 0 Å². The van der Waals surface area contributed by atoms with E-state index in [4.69, 9.17) is 0 Å². The highest BCUT2D eigenvalue weighted by Crippen LogP contribution is 2.42. The van der Waals surface area contributed by atoms with Gasteiger partial charge in [0, 0.05) is 32.8 Å². The van der Waals surface area contributed by atoms with E-state index in [1.165, 1.54) is 0 Å². The summed E-state index contributed by atoms with van der Waals surface area (Å²) in [7, 11) is 0. The zero-order valence-corrected chi connectivity index (χ0v) is 26.7. The molecule has 50 heavy (non-hydrogen) atoms. The van der Waals surface area contributed by atoms with E-state index in [0.29, 0.717) is 16.7 Å². The molecule has 0 aliphatic carbocycles. The first-order valence-electron chi connectivity index (χ1n) is 16.3. The van der Waals surface area contributed by atoms with Crippen LogP contribution in [0.25, 0.3) is 77.2 Å². The second-order valence-corrected chi connectivity index (χ2v) is 12.3. The van der Waals surface area contributed by atoms with Gasteiger partial charge in [-0.25, -0.2) is 0 Å². The van der Waals surface area contributed by atoms with Gasteiger partial charge in [-0.15, -0.1) is 0 Å². The Morgan fingerprint density at radius 1 is 0.420 bits per heavy atom. The minimum absolute atomic E-state index is 0.550. The molecule has 0 fully saturated rings. The van der Waals surface area contributed by atoms with Crippen molar-refractivity contribution in [1.82, 2.24) is 9.13 Å². The van der Waals surface area contributed by atoms with Crippen molar-refractivity contribution in [2.45, 2.75) is 0 Å². The number of hydrogen-bond donors (Lipinski definition) is 0. The first-order valence-corrected chi connectivity index (χ1v) is 16.3. The van der Waals surface area contributed by atoms with Crippen molar-refractivity contribution in [3.05, 3.63) is 168 Å². The van der Waals surface area contributed by atoms with Crippen molar-refractivity contribution in [2.75, 3.05) is 0 Å². The lowest BCUT2D eigenvalue weighted by molar-refractivity contribution is 1.18. The number of rotatable bonds is 4. The summed E-state index contributed by atoms with van der Waals surface area (Å²) in [5, 5.41) is 34.1. The monoisotopic (exact) mass is 635 g/mol. The lowest BCUT2D eigenvalue weighted by Crippen LogP contribution is -2.00. The van der Waals surface area contributed by atoms with Crippen LogP contribution in [-0.4, -0.2) is 9.13 Å². The third-order valence-electron chi connectivity index (χ3n) is 9.66. The molecule has 0 radical (unpaired) electrons. The standard InChI is InChI=1S/C45H25N5/c46-26-29-19-24-41-38(25-29)45-32(28-48)10-7-17-42(45)49(41)33-22-20-30(21-23-33)34-11-1-2-14-37(34)44-31(27-47)9-8-18-43(44)50-39-15-5-3-12-35(39)36-13-4-6-16-40(36)50/h1-25H. The highest BCUT2D eigenvalue weighted by Gasteiger charge is 2.21. The average molecular weight is 636 g/mol. The largest absolute Gasteiger partial charge is 0.309 e. The van der Waals surface area contributed by atoms with E-state index in [2.05, 4.69) is 118 Å². The van der Waals surface area contributed by atoms with Gasteiger partial charge in [0.05, 0.1) is 62.7 Å². The number of aromatic nitrogens is 2. The summed E-state index contributed by atoms with van der Waals surface area (Å²) >= 11 is 0. The summed E-state index contributed by atoms with van der Waals surface area (Å²) in [6, 6.07) is 57.9. The van der Waals surface area contributed by atoms with Crippen LogP contribution >= 0.6 is 0 Å². The van der Waals surface area contributed by atoms with Crippen molar-refractivity contribution in [1.29, 1.82) is 15.8 Å². The maximum absolute atomic E-state index is 10.5. The number of nitriles is 3. The van der Waals surface area contributed by atoms with Crippen LogP contribution in [0.15, 0.2) is 152 Å². The van der Waals surface area contributed by atoms with E-state index in [9.17, 15) is 15.8 Å². The number of para-hydroxylation sites is 2. The summed E-state index contributed by atoms with van der Waals surface area (Å²) in [5.41, 5.74) is 11.5. The molecule has 0 aliphatic rings. The Kier molecular flexibility index (Phi) is 6.56. The Morgan fingerprint density at radius 3 is 1.72 bits per heavy atom. The van der Waals surface area contributed by atoms with Crippen molar-refractivity contribution >= 4 is 43.6 Å². The van der Waals surface area contributed by atoms with Gasteiger partial charge in [0.25, 0.3) is 0 Å². The molecule has 7 aromatic carbocycles. The molecule has 0 saturated heterocycles. The van der Waals surface area contributed by atoms with E-state index >= 15 is 0 Å². The molecule has 0 atom stereocenters. The van der Waals surface area contributed by atoms with E-state index in [1.807, 2.05) is 60.7 Å². The summed E-state index contributed by atoms with van der Waals surface area (Å²) < 4.78 is 4.42. The van der Waals surface area contributed by atoms with Crippen LogP contribution in [0, 0.1) is 34.0 Å². The number of fused-ring (bicyclic) bond motifs is 6. The topological polar surface area (TPSA) is 81.2 Å². The summed E-state index contributed by atoms with van der Waals surface area (Å²) in [6.45, 7) is 0. The molecule has 0 saturated carbocycles. The Balaban J connectivity index is 1.24. The molecule has 9 aromatic rings. The van der Waals surface area contributed by atoms with Gasteiger partial charge in [-0.05, 0) is 83.4 Å². The predicted octanol–water partition coefficient (Wildman–Crippen LogP) is 10.8. The van der Waals surface area contributed by atoms with Gasteiger partial charge in [-0.3, -0.25) is 0 Å². The quantitative estimate of drug-likeness (QED) is 0.193. The fraction of sp³-hybridized carbons (Fsp3) is 0. The highest BCUT2D eigenvalue weighted by molar-refractivity contribution is 6.12. The molecule has 0 bridgehead atoms. The molecule has 0 spiro atoms. The fourth-order valence-electron chi connectivity index (χ4n) is 7.54. The number of hydrogen-bond acceptors (Lipinski definition) is 3. The van der Waals surface area contributed by atoms with Crippen LogP contribution in [0.2, 0.25) is 0 Å². The van der Waals surface area contributed by atoms with Crippen LogP contribution in [-0.2, 0) is 0 Å². The third-order valence-corrected chi connectivity index (χ3v) is 9.66. The molecule has 0 N–H and O–H groups in total. The van der Waals surface area contributed by atoms with Crippen LogP contribution in [0.5, 0.6) is 0 Å². The first kappa shape index (κ1) is 28.8. The van der Waals surface area contributed by atoms with Gasteiger partial charge in [0.1, 0.15) is 0 Å². The molecule has 5 heteroatoms. The summed E-state index contributed by atoms with van der Waals surface area (Å²) in [4.78, 5) is 0. The Bertz CT molecular complexity index is 2900. The van der Waals surface area contributed by atoms with Gasteiger partial charge in [-0.1, -0.05) is 84.9 Å². The SMILES string of the molecule is N#Cc1ccc2c(c1)c1c(C#N)cccc1n2-c1ccc(-c2ccccc2-c2c(C#N)cccc2-n2c3ccccc3c3ccccc32)cc1. The molecular weight excluding hydrogens is 611 g/mol. The lowest BCUT2D eigenvalue weighted by atomic mass is 9.90. The van der Waals surface area contributed by atoms with E-state index in [-0.39, 0.29) is 0 Å². The summed E-state index contributed by atoms with van der Waals surface area (Å²) in [5.74, 6) is 0. The van der Waals surface area contributed by atoms with Crippen molar-refractivity contribution in [3.63, 3.8) is 0 Å². The van der Waals surface area contributed by atoms with Gasteiger partial charge in [-0.2, -0.15) is 15.8 Å². The lowest BCUT2D eigenvalue weighted by Gasteiger charge is -2.18. The smallest absolute Gasteiger partial charge is 0.0998 e. The van der Waals surface area contributed by atoms with E-state index in [1.54, 1.807) is 0 Å².